The lowest BCUT2D eigenvalue weighted by Crippen LogP contribution is -2.24. The molecule has 2 aliphatic carbocycles. The Morgan fingerprint density at radius 2 is 1.95 bits per heavy atom. The van der Waals surface area contributed by atoms with E-state index in [4.69, 9.17) is 26.3 Å². The average molecular weight is 605 g/mol. The number of halogens is 2. The Hall–Kier alpha value is -3.25. The van der Waals surface area contributed by atoms with Crippen molar-refractivity contribution in [2.75, 3.05) is 13.7 Å². The summed E-state index contributed by atoms with van der Waals surface area (Å²) in [6.45, 7) is 17.6. The van der Waals surface area contributed by atoms with E-state index in [1.165, 1.54) is 19.0 Å². The predicted molar refractivity (Wildman–Crippen MR) is 177 cm³/mol. The molecule has 2 aromatic heterocycles. The number of allylic oxidation sites excluding steroid dienone is 5. The van der Waals surface area contributed by atoms with Crippen LogP contribution in [0, 0.1) is 37.5 Å². The van der Waals surface area contributed by atoms with E-state index in [1.807, 2.05) is 13.8 Å². The number of nitrogens with zero attached hydrogens (tertiary/aromatic N) is 3. The Morgan fingerprint density at radius 3 is 2.53 bits per heavy atom. The van der Waals surface area contributed by atoms with Gasteiger partial charge in [-0.05, 0) is 101 Å². The second-order valence-electron chi connectivity index (χ2n) is 11.9. The minimum Gasteiger partial charge on any atom is -0.495 e. The van der Waals surface area contributed by atoms with Gasteiger partial charge in [0.05, 0.1) is 18.5 Å². The summed E-state index contributed by atoms with van der Waals surface area (Å²) in [6, 6.07) is 3.89. The zero-order valence-corrected chi connectivity index (χ0v) is 27.5. The summed E-state index contributed by atoms with van der Waals surface area (Å²) in [4.78, 5) is 13.9. The molecule has 0 radical (unpaired) electrons. The summed E-state index contributed by atoms with van der Waals surface area (Å²) < 4.78 is 20.2. The lowest BCUT2D eigenvalue weighted by molar-refractivity contribution is 0.311. The third-order valence-electron chi connectivity index (χ3n) is 8.80. The molecule has 2 aliphatic rings. The van der Waals surface area contributed by atoms with Crippen LogP contribution in [0.1, 0.15) is 82.5 Å². The highest BCUT2D eigenvalue weighted by Crippen LogP contribution is 2.43. The molecule has 43 heavy (non-hydrogen) atoms. The zero-order valence-electron chi connectivity index (χ0n) is 26.7. The molecule has 4 rings (SSSR count). The number of hydrogen-bond acceptors (Lipinski definition) is 5. The number of aromatic nitrogens is 2. The predicted octanol–water partition coefficient (Wildman–Crippen LogP) is 9.43. The molecule has 7 heteroatoms. The fraction of sp³-hybridized carbons (Fsp3) is 0.472. The van der Waals surface area contributed by atoms with Crippen LogP contribution >= 0.6 is 11.6 Å². The number of pyridine rings is 2. The highest BCUT2D eigenvalue weighted by molar-refractivity contribution is 6.33. The average Bonchev–Trinajstić information content (AvgIpc) is 3.93. The van der Waals surface area contributed by atoms with Crippen LogP contribution in [0.5, 0.6) is 0 Å². The van der Waals surface area contributed by atoms with Gasteiger partial charge in [0.2, 0.25) is 5.95 Å². The molecule has 0 spiro atoms. The lowest BCUT2D eigenvalue weighted by atomic mass is 9.94. The summed E-state index contributed by atoms with van der Waals surface area (Å²) in [5.41, 5.74) is 8.25. The minimum atomic E-state index is -0.682. The van der Waals surface area contributed by atoms with Crippen LogP contribution < -0.4 is 5.32 Å². The maximum absolute atomic E-state index is 14.2. The minimum absolute atomic E-state index is 0.00145. The molecular formula is C36H46ClFN4O. The monoisotopic (exact) mass is 604 g/mol. The van der Waals surface area contributed by atoms with Crippen LogP contribution in [0.15, 0.2) is 70.9 Å². The summed E-state index contributed by atoms with van der Waals surface area (Å²) in [7, 11) is 1.71. The van der Waals surface area contributed by atoms with E-state index in [0.29, 0.717) is 29.6 Å². The molecule has 0 saturated heterocycles. The number of hydrogen-bond donors (Lipinski definition) is 1. The quantitative estimate of drug-likeness (QED) is 0.101. The second kappa shape index (κ2) is 14.5. The molecule has 2 aromatic rings. The second-order valence-corrected chi connectivity index (χ2v) is 12.2. The van der Waals surface area contributed by atoms with Crippen molar-refractivity contribution in [3.8, 4) is 11.3 Å². The van der Waals surface area contributed by atoms with Crippen LogP contribution in [0.25, 0.3) is 11.3 Å². The van der Waals surface area contributed by atoms with Gasteiger partial charge in [0.15, 0.2) is 0 Å². The van der Waals surface area contributed by atoms with E-state index in [2.05, 4.69) is 68.9 Å². The van der Waals surface area contributed by atoms with Crippen LogP contribution in [-0.4, -0.2) is 29.3 Å². The van der Waals surface area contributed by atoms with E-state index in [-0.39, 0.29) is 16.9 Å². The molecule has 0 aromatic carbocycles. The molecule has 2 atom stereocenters. The lowest BCUT2D eigenvalue weighted by Gasteiger charge is -2.22. The molecule has 0 aliphatic heterocycles. The molecule has 5 nitrogen and oxygen atoms in total. The summed E-state index contributed by atoms with van der Waals surface area (Å²) in [6.07, 6.45) is 13.4. The molecule has 230 valence electrons. The van der Waals surface area contributed by atoms with Gasteiger partial charge in [-0.1, -0.05) is 44.2 Å². The summed E-state index contributed by atoms with van der Waals surface area (Å²) >= 11 is 6.34. The van der Waals surface area contributed by atoms with Crippen LogP contribution in [-0.2, 0) is 4.74 Å². The van der Waals surface area contributed by atoms with Gasteiger partial charge in [-0.25, -0.2) is 4.98 Å². The van der Waals surface area contributed by atoms with Crippen molar-refractivity contribution in [3.05, 3.63) is 93.7 Å². The number of rotatable bonds is 14. The zero-order chi connectivity index (χ0) is 31.3. The van der Waals surface area contributed by atoms with Crippen LogP contribution in [0.2, 0.25) is 5.02 Å². The third kappa shape index (κ3) is 7.83. The van der Waals surface area contributed by atoms with Crippen molar-refractivity contribution >= 4 is 17.3 Å². The smallest absolute Gasteiger partial charge is 0.232 e. The largest absolute Gasteiger partial charge is 0.495 e. The molecule has 2 unspecified atom stereocenters. The highest BCUT2D eigenvalue weighted by Gasteiger charge is 2.34. The summed E-state index contributed by atoms with van der Waals surface area (Å²) in [5, 5.41) is 3.61. The van der Waals surface area contributed by atoms with Gasteiger partial charge in [-0.3, -0.25) is 9.98 Å². The molecule has 2 saturated carbocycles. The van der Waals surface area contributed by atoms with Crippen molar-refractivity contribution < 1.29 is 9.13 Å². The Morgan fingerprint density at radius 1 is 1.23 bits per heavy atom. The third-order valence-corrected chi connectivity index (χ3v) is 9.16. The van der Waals surface area contributed by atoms with Gasteiger partial charge in [0, 0.05) is 53.1 Å². The fourth-order valence-corrected chi connectivity index (χ4v) is 5.60. The van der Waals surface area contributed by atoms with Gasteiger partial charge < -0.3 is 10.1 Å². The number of methoxy groups -OCH3 is 1. The first-order valence-corrected chi connectivity index (χ1v) is 15.9. The van der Waals surface area contributed by atoms with Crippen LogP contribution in [0.4, 0.5) is 4.39 Å². The van der Waals surface area contributed by atoms with Gasteiger partial charge >= 0.3 is 0 Å². The van der Waals surface area contributed by atoms with Crippen molar-refractivity contribution in [2.24, 2.45) is 22.7 Å². The number of ether oxygens (including phenoxy) is 1. The Labute approximate surface area is 262 Å². The fourth-order valence-electron chi connectivity index (χ4n) is 5.40. The van der Waals surface area contributed by atoms with Gasteiger partial charge in [-0.15, -0.1) is 0 Å². The Kier molecular flexibility index (Phi) is 11.0. The highest BCUT2D eigenvalue weighted by atomic mass is 35.5. The van der Waals surface area contributed by atoms with Gasteiger partial charge in [0.25, 0.3) is 0 Å². The van der Waals surface area contributed by atoms with Gasteiger partial charge in [0.1, 0.15) is 10.8 Å². The molecule has 0 amide bonds. The van der Waals surface area contributed by atoms with E-state index >= 15 is 0 Å². The molecule has 2 heterocycles. The standard InChI is InChI=1S/C36H46ClFN4O/c1-9-21(4)34(41-30(11-3)27-14-15-27)32(43-8)19-25(10-2)24(7)40-20-29(26-12-13-26)31-18-22(5)23(6)35(42-31)28-16-17-39-36(38)33(28)37/h10-11,16-19,21,26-27,29,40H,7,9,12-15,20H2,1-6,8H3/b25-10+,30-11-,32-19+,41-34-. The number of aryl methyl sites for hydroxylation is 1. The maximum atomic E-state index is 14.2. The van der Waals surface area contributed by atoms with Gasteiger partial charge in [-0.2, -0.15) is 4.39 Å². The van der Waals surface area contributed by atoms with E-state index in [1.54, 1.807) is 13.2 Å². The Balaban J connectivity index is 1.58. The maximum Gasteiger partial charge on any atom is 0.232 e. The van der Waals surface area contributed by atoms with Crippen molar-refractivity contribution in [1.82, 2.24) is 15.3 Å². The first-order chi connectivity index (χ1) is 20.6. The molecule has 2 fully saturated rings. The summed E-state index contributed by atoms with van der Waals surface area (Å²) in [5.74, 6) is 1.61. The molecule has 1 N–H and O–H groups in total. The number of nitrogens with one attached hydrogen (secondary N) is 1. The topological polar surface area (TPSA) is 59.4 Å². The van der Waals surface area contributed by atoms with E-state index < -0.39 is 5.95 Å². The Bertz CT molecular complexity index is 1470. The normalized spacial score (nSPS) is 18.0. The first-order valence-electron chi connectivity index (χ1n) is 15.5. The number of aliphatic imine (C=N–C) groups is 1. The van der Waals surface area contributed by atoms with E-state index in [9.17, 15) is 4.39 Å². The molecular weight excluding hydrogens is 559 g/mol. The SMILES string of the molecule is C=C(NCC(c1cc(C)c(C)c(-c2ccnc(F)c2Cl)n1)C1CC1)C(=C/C)/C=C(OC)\C(=N/C(=C\C)C1CC1)C(C)CC. The first kappa shape index (κ1) is 32.7. The van der Waals surface area contributed by atoms with Crippen LogP contribution in [0.3, 0.4) is 0 Å². The van der Waals surface area contributed by atoms with Crippen molar-refractivity contribution in [3.63, 3.8) is 0 Å². The van der Waals surface area contributed by atoms with Crippen molar-refractivity contribution in [2.45, 2.75) is 79.6 Å². The molecule has 0 bridgehead atoms. The van der Waals surface area contributed by atoms with E-state index in [0.717, 1.165) is 64.5 Å². The van der Waals surface area contributed by atoms with Crippen molar-refractivity contribution in [1.29, 1.82) is 0 Å².